The number of benzene rings is 1. The lowest BCUT2D eigenvalue weighted by atomic mass is 10.1. The Bertz CT molecular complexity index is 449. The highest BCUT2D eigenvalue weighted by molar-refractivity contribution is 5.79. The van der Waals surface area contributed by atoms with E-state index in [1.54, 1.807) is 12.1 Å². The number of nitrogens with zero attached hydrogens (tertiary/aromatic N) is 1. The van der Waals surface area contributed by atoms with Gasteiger partial charge in [0.25, 0.3) is 0 Å². The summed E-state index contributed by atoms with van der Waals surface area (Å²) in [6.45, 7) is 3.92. The summed E-state index contributed by atoms with van der Waals surface area (Å²) in [7, 11) is 0. The SMILES string of the molecule is C#CCNC(=NCCCc1cccc(F)c1)NCC. The van der Waals surface area contributed by atoms with Gasteiger partial charge in [-0.3, -0.25) is 4.99 Å². The van der Waals surface area contributed by atoms with Crippen molar-refractivity contribution < 1.29 is 4.39 Å². The zero-order chi connectivity index (χ0) is 13.9. The monoisotopic (exact) mass is 261 g/mol. The van der Waals surface area contributed by atoms with Gasteiger partial charge in [-0.2, -0.15) is 0 Å². The number of aliphatic imine (C=N–C) groups is 1. The largest absolute Gasteiger partial charge is 0.357 e. The van der Waals surface area contributed by atoms with Crippen LogP contribution >= 0.6 is 0 Å². The molecule has 3 nitrogen and oxygen atoms in total. The Labute approximate surface area is 114 Å². The van der Waals surface area contributed by atoms with Crippen molar-refractivity contribution in [3.63, 3.8) is 0 Å². The predicted molar refractivity (Wildman–Crippen MR) is 77.5 cm³/mol. The molecule has 0 radical (unpaired) electrons. The van der Waals surface area contributed by atoms with Crippen molar-refractivity contribution >= 4 is 5.96 Å². The molecule has 0 fully saturated rings. The summed E-state index contributed by atoms with van der Waals surface area (Å²) in [6.07, 6.45) is 6.87. The van der Waals surface area contributed by atoms with Crippen molar-refractivity contribution in [2.45, 2.75) is 19.8 Å². The van der Waals surface area contributed by atoms with Crippen LogP contribution in [-0.2, 0) is 6.42 Å². The fourth-order valence-corrected chi connectivity index (χ4v) is 1.64. The molecule has 0 atom stereocenters. The van der Waals surface area contributed by atoms with Gasteiger partial charge in [-0.1, -0.05) is 18.1 Å². The van der Waals surface area contributed by atoms with Crippen LogP contribution < -0.4 is 10.6 Å². The van der Waals surface area contributed by atoms with Crippen molar-refractivity contribution in [1.29, 1.82) is 0 Å². The van der Waals surface area contributed by atoms with E-state index in [0.717, 1.165) is 30.9 Å². The second-order valence-corrected chi connectivity index (χ2v) is 4.05. The zero-order valence-corrected chi connectivity index (χ0v) is 11.2. The molecule has 0 spiro atoms. The Morgan fingerprint density at radius 1 is 1.42 bits per heavy atom. The standard InChI is InChI=1S/C15H20FN3/c1-3-10-18-15(17-4-2)19-11-6-8-13-7-5-9-14(16)12-13/h1,5,7,9,12H,4,6,8,10-11H2,2H3,(H2,17,18,19). The van der Waals surface area contributed by atoms with E-state index in [4.69, 9.17) is 6.42 Å². The number of hydrogen-bond donors (Lipinski definition) is 2. The van der Waals surface area contributed by atoms with E-state index in [9.17, 15) is 4.39 Å². The molecule has 0 aliphatic rings. The van der Waals surface area contributed by atoms with Crippen LogP contribution in [0, 0.1) is 18.2 Å². The Morgan fingerprint density at radius 3 is 2.95 bits per heavy atom. The van der Waals surface area contributed by atoms with Crippen molar-refractivity contribution in [1.82, 2.24) is 10.6 Å². The summed E-state index contributed by atoms with van der Waals surface area (Å²) >= 11 is 0. The number of guanidine groups is 1. The van der Waals surface area contributed by atoms with E-state index in [1.165, 1.54) is 6.07 Å². The number of rotatable bonds is 6. The van der Waals surface area contributed by atoms with Gasteiger partial charge in [-0.15, -0.1) is 6.42 Å². The molecule has 2 N–H and O–H groups in total. The van der Waals surface area contributed by atoms with Crippen LogP contribution in [0.2, 0.25) is 0 Å². The number of terminal acetylenes is 1. The van der Waals surface area contributed by atoms with Crippen LogP contribution in [-0.4, -0.2) is 25.6 Å². The number of nitrogens with one attached hydrogen (secondary N) is 2. The summed E-state index contributed by atoms with van der Waals surface area (Å²) in [4.78, 5) is 4.39. The maximum absolute atomic E-state index is 13.0. The van der Waals surface area contributed by atoms with E-state index in [-0.39, 0.29) is 5.82 Å². The van der Waals surface area contributed by atoms with Crippen LogP contribution in [0.5, 0.6) is 0 Å². The average molecular weight is 261 g/mol. The molecule has 19 heavy (non-hydrogen) atoms. The van der Waals surface area contributed by atoms with Gasteiger partial charge in [0, 0.05) is 13.1 Å². The van der Waals surface area contributed by atoms with E-state index in [0.29, 0.717) is 13.1 Å². The highest BCUT2D eigenvalue weighted by Crippen LogP contribution is 2.05. The van der Waals surface area contributed by atoms with E-state index in [2.05, 4.69) is 21.5 Å². The summed E-state index contributed by atoms with van der Waals surface area (Å²) in [5, 5.41) is 6.13. The van der Waals surface area contributed by atoms with Crippen LogP contribution in [0.4, 0.5) is 4.39 Å². The van der Waals surface area contributed by atoms with E-state index in [1.807, 2.05) is 13.0 Å². The Morgan fingerprint density at radius 2 is 2.26 bits per heavy atom. The lowest BCUT2D eigenvalue weighted by molar-refractivity contribution is 0.624. The molecule has 1 rings (SSSR count). The van der Waals surface area contributed by atoms with Gasteiger partial charge in [-0.05, 0) is 37.5 Å². The first kappa shape index (κ1) is 15.0. The first-order chi connectivity index (χ1) is 9.26. The van der Waals surface area contributed by atoms with Crippen molar-refractivity contribution in [2.24, 2.45) is 4.99 Å². The molecular weight excluding hydrogens is 241 g/mol. The van der Waals surface area contributed by atoms with Gasteiger partial charge >= 0.3 is 0 Å². The minimum Gasteiger partial charge on any atom is -0.357 e. The summed E-state index contributed by atoms with van der Waals surface area (Å²) < 4.78 is 13.0. The molecule has 1 aromatic carbocycles. The topological polar surface area (TPSA) is 36.4 Å². The first-order valence-corrected chi connectivity index (χ1v) is 6.46. The molecule has 0 aliphatic heterocycles. The molecule has 0 saturated carbocycles. The minimum absolute atomic E-state index is 0.190. The molecule has 0 amide bonds. The predicted octanol–water partition coefficient (Wildman–Crippen LogP) is 1.95. The number of halogens is 1. The molecule has 4 heteroatoms. The molecular formula is C15H20FN3. The minimum atomic E-state index is -0.190. The Hall–Kier alpha value is -2.02. The maximum Gasteiger partial charge on any atom is 0.192 e. The highest BCUT2D eigenvalue weighted by atomic mass is 19.1. The van der Waals surface area contributed by atoms with Crippen LogP contribution in [0.1, 0.15) is 18.9 Å². The molecule has 0 saturated heterocycles. The second kappa shape index (κ2) is 8.98. The van der Waals surface area contributed by atoms with Gasteiger partial charge in [0.15, 0.2) is 5.96 Å². The third kappa shape index (κ3) is 6.46. The molecule has 0 heterocycles. The van der Waals surface area contributed by atoms with Crippen molar-refractivity contribution in [3.8, 4) is 12.3 Å². The summed E-state index contributed by atoms with van der Waals surface area (Å²) in [6, 6.07) is 6.67. The van der Waals surface area contributed by atoms with Crippen molar-refractivity contribution in [3.05, 3.63) is 35.6 Å². The van der Waals surface area contributed by atoms with E-state index < -0.39 is 0 Å². The van der Waals surface area contributed by atoms with E-state index >= 15 is 0 Å². The van der Waals surface area contributed by atoms with Gasteiger partial charge < -0.3 is 10.6 Å². The molecule has 0 aromatic heterocycles. The summed E-state index contributed by atoms with van der Waals surface area (Å²) in [5.41, 5.74) is 0.997. The average Bonchev–Trinajstić information content (AvgIpc) is 2.41. The first-order valence-electron chi connectivity index (χ1n) is 6.46. The zero-order valence-electron chi connectivity index (χ0n) is 11.2. The Kier molecular flexibility index (Phi) is 7.11. The van der Waals surface area contributed by atoms with Crippen molar-refractivity contribution in [2.75, 3.05) is 19.6 Å². The molecule has 0 unspecified atom stereocenters. The smallest absolute Gasteiger partial charge is 0.192 e. The lowest BCUT2D eigenvalue weighted by Crippen LogP contribution is -2.37. The summed E-state index contributed by atoms with van der Waals surface area (Å²) in [5.74, 6) is 3.04. The van der Waals surface area contributed by atoms with Crippen LogP contribution in [0.25, 0.3) is 0 Å². The second-order valence-electron chi connectivity index (χ2n) is 4.05. The number of aryl methyl sites for hydroxylation is 1. The quantitative estimate of drug-likeness (QED) is 0.355. The molecule has 0 aliphatic carbocycles. The molecule has 0 bridgehead atoms. The molecule has 1 aromatic rings. The molecule has 102 valence electrons. The lowest BCUT2D eigenvalue weighted by Gasteiger charge is -2.08. The van der Waals surface area contributed by atoms with Gasteiger partial charge in [0.2, 0.25) is 0 Å². The maximum atomic E-state index is 13.0. The Balaban J connectivity index is 2.36. The fourth-order valence-electron chi connectivity index (χ4n) is 1.64. The third-order valence-electron chi connectivity index (χ3n) is 2.48. The van der Waals surface area contributed by atoms with Gasteiger partial charge in [0.1, 0.15) is 5.82 Å². The number of hydrogen-bond acceptors (Lipinski definition) is 1. The van der Waals surface area contributed by atoms with Gasteiger partial charge in [0.05, 0.1) is 6.54 Å². The highest BCUT2D eigenvalue weighted by Gasteiger charge is 1.97. The normalized spacial score (nSPS) is 10.9. The fraction of sp³-hybridized carbons (Fsp3) is 0.400. The third-order valence-corrected chi connectivity index (χ3v) is 2.48. The van der Waals surface area contributed by atoms with Crippen LogP contribution in [0.3, 0.4) is 0 Å². The van der Waals surface area contributed by atoms with Crippen LogP contribution in [0.15, 0.2) is 29.3 Å². The van der Waals surface area contributed by atoms with Gasteiger partial charge in [-0.25, -0.2) is 4.39 Å².